The highest BCUT2D eigenvalue weighted by atomic mass is 16.2. The van der Waals surface area contributed by atoms with Crippen LogP contribution in [0.25, 0.3) is 0 Å². The van der Waals surface area contributed by atoms with Gasteiger partial charge in [0, 0.05) is 32.5 Å². The summed E-state index contributed by atoms with van der Waals surface area (Å²) < 4.78 is 0. The number of nitrogens with zero attached hydrogens (tertiary/aromatic N) is 1. The maximum Gasteiger partial charge on any atom is 0.221 e. The lowest BCUT2D eigenvalue weighted by atomic mass is 10.2. The smallest absolute Gasteiger partial charge is 0.221 e. The lowest BCUT2D eigenvalue weighted by Gasteiger charge is -2.20. The Bertz CT molecular complexity index is 229. The van der Waals surface area contributed by atoms with E-state index in [0.717, 1.165) is 19.4 Å². The molecule has 0 radical (unpaired) electrons. The first kappa shape index (κ1) is 14.9. The quantitative estimate of drug-likeness (QED) is 0.718. The SMILES string of the molecule is CCCN(CCC(=O)NC(C)CC)C(C)=O. The van der Waals surface area contributed by atoms with Crippen LogP contribution in [0.15, 0.2) is 0 Å². The average Bonchev–Trinajstić information content (AvgIpc) is 2.23. The average molecular weight is 228 g/mol. The predicted octanol–water partition coefficient (Wildman–Crippen LogP) is 1.55. The Morgan fingerprint density at radius 1 is 1.25 bits per heavy atom. The minimum Gasteiger partial charge on any atom is -0.354 e. The van der Waals surface area contributed by atoms with E-state index >= 15 is 0 Å². The minimum atomic E-state index is 0.0247. The van der Waals surface area contributed by atoms with Gasteiger partial charge < -0.3 is 10.2 Å². The number of hydrogen-bond acceptors (Lipinski definition) is 2. The predicted molar refractivity (Wildman–Crippen MR) is 65.1 cm³/mol. The maximum absolute atomic E-state index is 11.5. The van der Waals surface area contributed by atoms with Crippen LogP contribution in [0.2, 0.25) is 0 Å². The first-order valence-corrected chi connectivity index (χ1v) is 6.06. The summed E-state index contributed by atoms with van der Waals surface area (Å²) in [5, 5.41) is 2.89. The number of carbonyl (C=O) groups excluding carboxylic acids is 2. The van der Waals surface area contributed by atoms with Crippen molar-refractivity contribution in [3.63, 3.8) is 0 Å². The largest absolute Gasteiger partial charge is 0.354 e. The molecule has 1 unspecified atom stereocenters. The van der Waals surface area contributed by atoms with Gasteiger partial charge in [-0.25, -0.2) is 0 Å². The van der Waals surface area contributed by atoms with E-state index in [-0.39, 0.29) is 17.9 Å². The molecule has 0 aromatic heterocycles. The van der Waals surface area contributed by atoms with E-state index in [1.807, 2.05) is 20.8 Å². The monoisotopic (exact) mass is 228 g/mol. The van der Waals surface area contributed by atoms with Crippen molar-refractivity contribution in [2.75, 3.05) is 13.1 Å². The highest BCUT2D eigenvalue weighted by Crippen LogP contribution is 1.96. The molecule has 1 atom stereocenters. The second kappa shape index (κ2) is 8.13. The Hall–Kier alpha value is -1.06. The van der Waals surface area contributed by atoms with Gasteiger partial charge in [-0.2, -0.15) is 0 Å². The summed E-state index contributed by atoms with van der Waals surface area (Å²) in [5.41, 5.74) is 0. The summed E-state index contributed by atoms with van der Waals surface area (Å²) in [4.78, 5) is 24.4. The van der Waals surface area contributed by atoms with Crippen molar-refractivity contribution in [3.8, 4) is 0 Å². The van der Waals surface area contributed by atoms with E-state index in [0.29, 0.717) is 13.0 Å². The van der Waals surface area contributed by atoms with Gasteiger partial charge in [-0.05, 0) is 19.8 Å². The Morgan fingerprint density at radius 2 is 1.88 bits per heavy atom. The van der Waals surface area contributed by atoms with Gasteiger partial charge in [-0.1, -0.05) is 13.8 Å². The number of amides is 2. The van der Waals surface area contributed by atoms with Crippen LogP contribution in [0, 0.1) is 0 Å². The normalized spacial score (nSPS) is 12.0. The molecule has 0 bridgehead atoms. The molecule has 0 aromatic carbocycles. The summed E-state index contributed by atoms with van der Waals surface area (Å²) >= 11 is 0. The fourth-order valence-corrected chi connectivity index (χ4v) is 1.38. The second-order valence-electron chi connectivity index (χ2n) is 4.13. The van der Waals surface area contributed by atoms with Crippen LogP contribution in [0.3, 0.4) is 0 Å². The maximum atomic E-state index is 11.5. The number of carbonyl (C=O) groups is 2. The molecule has 0 aromatic rings. The van der Waals surface area contributed by atoms with Crippen LogP contribution in [0.5, 0.6) is 0 Å². The van der Waals surface area contributed by atoms with Crippen molar-refractivity contribution >= 4 is 11.8 Å². The van der Waals surface area contributed by atoms with Gasteiger partial charge in [0.2, 0.25) is 11.8 Å². The van der Waals surface area contributed by atoms with Gasteiger partial charge in [-0.3, -0.25) is 9.59 Å². The summed E-state index contributed by atoms with van der Waals surface area (Å²) in [6, 6.07) is 0.212. The summed E-state index contributed by atoms with van der Waals surface area (Å²) in [6.45, 7) is 8.82. The van der Waals surface area contributed by atoms with E-state index in [1.54, 1.807) is 11.8 Å². The van der Waals surface area contributed by atoms with E-state index in [2.05, 4.69) is 5.32 Å². The molecule has 0 aliphatic carbocycles. The van der Waals surface area contributed by atoms with Crippen molar-refractivity contribution in [2.24, 2.45) is 0 Å². The number of hydrogen-bond donors (Lipinski definition) is 1. The number of rotatable bonds is 7. The summed E-state index contributed by atoms with van der Waals surface area (Å²) in [7, 11) is 0. The molecule has 0 heterocycles. The van der Waals surface area contributed by atoms with Gasteiger partial charge >= 0.3 is 0 Å². The van der Waals surface area contributed by atoms with Crippen LogP contribution in [0.4, 0.5) is 0 Å². The lowest BCUT2D eigenvalue weighted by Crippen LogP contribution is -2.37. The molecule has 0 saturated carbocycles. The fraction of sp³-hybridized carbons (Fsp3) is 0.833. The standard InChI is InChI=1S/C12H24N2O2/c1-5-8-14(11(4)15)9-7-12(16)13-10(3)6-2/h10H,5-9H2,1-4H3,(H,13,16). The van der Waals surface area contributed by atoms with Gasteiger partial charge in [0.05, 0.1) is 0 Å². The molecule has 0 aliphatic heterocycles. The van der Waals surface area contributed by atoms with E-state index in [4.69, 9.17) is 0 Å². The molecule has 0 aliphatic rings. The van der Waals surface area contributed by atoms with E-state index in [9.17, 15) is 9.59 Å². The molecule has 4 nitrogen and oxygen atoms in total. The zero-order valence-electron chi connectivity index (χ0n) is 10.9. The first-order chi connectivity index (χ1) is 7.51. The van der Waals surface area contributed by atoms with Crippen molar-refractivity contribution in [2.45, 2.75) is 53.0 Å². The van der Waals surface area contributed by atoms with Crippen LogP contribution in [0.1, 0.15) is 47.0 Å². The van der Waals surface area contributed by atoms with Crippen LogP contribution in [-0.2, 0) is 9.59 Å². The lowest BCUT2D eigenvalue weighted by molar-refractivity contribution is -0.129. The minimum absolute atomic E-state index is 0.0247. The zero-order valence-corrected chi connectivity index (χ0v) is 10.9. The Kier molecular flexibility index (Phi) is 7.60. The summed E-state index contributed by atoms with van der Waals surface area (Å²) in [5.74, 6) is 0.0647. The van der Waals surface area contributed by atoms with Crippen LogP contribution in [-0.4, -0.2) is 35.8 Å². The molecular formula is C12H24N2O2. The van der Waals surface area contributed by atoms with Crippen molar-refractivity contribution in [3.05, 3.63) is 0 Å². The number of nitrogens with one attached hydrogen (secondary N) is 1. The molecule has 2 amide bonds. The highest BCUT2D eigenvalue weighted by Gasteiger charge is 2.11. The third kappa shape index (κ3) is 6.43. The molecule has 16 heavy (non-hydrogen) atoms. The highest BCUT2D eigenvalue weighted by molar-refractivity contribution is 5.78. The first-order valence-electron chi connectivity index (χ1n) is 6.06. The molecular weight excluding hydrogens is 204 g/mol. The third-order valence-electron chi connectivity index (χ3n) is 2.57. The Morgan fingerprint density at radius 3 is 2.31 bits per heavy atom. The third-order valence-corrected chi connectivity index (χ3v) is 2.57. The van der Waals surface area contributed by atoms with Gasteiger partial charge in [0.15, 0.2) is 0 Å². The Balaban J connectivity index is 3.91. The molecule has 1 N–H and O–H groups in total. The van der Waals surface area contributed by atoms with Crippen LogP contribution < -0.4 is 5.32 Å². The topological polar surface area (TPSA) is 49.4 Å². The summed E-state index contributed by atoms with van der Waals surface area (Å²) in [6.07, 6.45) is 2.24. The van der Waals surface area contributed by atoms with Gasteiger partial charge in [0.1, 0.15) is 0 Å². The molecule has 0 rings (SSSR count). The van der Waals surface area contributed by atoms with Crippen LogP contribution >= 0.6 is 0 Å². The second-order valence-corrected chi connectivity index (χ2v) is 4.13. The molecule has 0 fully saturated rings. The fourth-order valence-electron chi connectivity index (χ4n) is 1.38. The van der Waals surface area contributed by atoms with E-state index in [1.165, 1.54) is 0 Å². The zero-order chi connectivity index (χ0) is 12.6. The molecule has 4 heteroatoms. The van der Waals surface area contributed by atoms with Gasteiger partial charge in [-0.15, -0.1) is 0 Å². The molecule has 0 saturated heterocycles. The van der Waals surface area contributed by atoms with Gasteiger partial charge in [0.25, 0.3) is 0 Å². The van der Waals surface area contributed by atoms with Crippen molar-refractivity contribution in [1.82, 2.24) is 10.2 Å². The van der Waals surface area contributed by atoms with Crippen molar-refractivity contribution < 1.29 is 9.59 Å². The molecule has 0 spiro atoms. The van der Waals surface area contributed by atoms with E-state index < -0.39 is 0 Å². The molecule has 94 valence electrons. The Labute approximate surface area is 98.4 Å². The van der Waals surface area contributed by atoms with Crippen molar-refractivity contribution in [1.29, 1.82) is 0 Å².